The van der Waals surface area contributed by atoms with Crippen LogP contribution in [0.1, 0.15) is 20.8 Å². The van der Waals surface area contributed by atoms with Crippen LogP contribution in [0, 0.1) is 15.5 Å². The highest BCUT2D eigenvalue weighted by Gasteiger charge is 2.40. The van der Waals surface area contributed by atoms with E-state index in [1.54, 1.807) is 0 Å². The summed E-state index contributed by atoms with van der Waals surface area (Å²) >= 11 is 0. The number of nitro groups is 1. The zero-order valence-electron chi connectivity index (χ0n) is 7.40. The fourth-order valence-corrected chi connectivity index (χ4v) is 1.11. The van der Waals surface area contributed by atoms with Gasteiger partial charge in [-0.1, -0.05) is 25.9 Å². The molecule has 1 aliphatic heterocycles. The molecule has 0 spiro atoms. The van der Waals surface area contributed by atoms with E-state index < -0.39 is 6.04 Å². The topological polar surface area (TPSA) is 64.7 Å². The van der Waals surface area contributed by atoms with Crippen LogP contribution in [0.5, 0.6) is 0 Å². The van der Waals surface area contributed by atoms with E-state index in [9.17, 15) is 10.1 Å². The van der Waals surface area contributed by atoms with Crippen LogP contribution in [0.15, 0.2) is 5.16 Å². The van der Waals surface area contributed by atoms with Crippen molar-refractivity contribution in [1.82, 2.24) is 0 Å². The summed E-state index contributed by atoms with van der Waals surface area (Å²) in [7, 11) is 0. The smallest absolute Gasteiger partial charge is 0.290 e. The van der Waals surface area contributed by atoms with Crippen LogP contribution in [0.25, 0.3) is 0 Å². The summed E-state index contributed by atoms with van der Waals surface area (Å²) < 4.78 is 0. The Kier molecular flexibility index (Phi) is 2.04. The molecule has 0 saturated carbocycles. The highest BCUT2D eigenvalue weighted by atomic mass is 16.7. The highest BCUT2D eigenvalue weighted by Crippen LogP contribution is 2.23. The molecule has 0 aromatic carbocycles. The second-order valence-electron chi connectivity index (χ2n) is 3.82. The number of rotatable bonds is 1. The largest absolute Gasteiger partial charge is 0.388 e. The Morgan fingerprint density at radius 2 is 2.25 bits per heavy atom. The van der Waals surface area contributed by atoms with Crippen LogP contribution in [0.4, 0.5) is 0 Å². The van der Waals surface area contributed by atoms with Gasteiger partial charge in [-0.3, -0.25) is 10.1 Å². The summed E-state index contributed by atoms with van der Waals surface area (Å²) in [4.78, 5) is 14.9. The fraction of sp³-hybridized carbons (Fsp3) is 0.857. The van der Waals surface area contributed by atoms with Gasteiger partial charge in [0.25, 0.3) is 6.04 Å². The van der Waals surface area contributed by atoms with Crippen molar-refractivity contribution in [1.29, 1.82) is 0 Å². The average Bonchev–Trinajstić information content (AvgIpc) is 2.30. The standard InChI is InChI=1S/C7H12N2O3/c1-7(2,3)6-5(9(10)11)4-12-8-6/h5H,4H2,1-3H3. The molecule has 0 amide bonds. The molecule has 12 heavy (non-hydrogen) atoms. The van der Waals surface area contributed by atoms with Gasteiger partial charge in [-0.25, -0.2) is 0 Å². The second-order valence-corrected chi connectivity index (χ2v) is 3.82. The molecule has 1 atom stereocenters. The Labute approximate surface area is 70.5 Å². The molecule has 1 aliphatic rings. The molecular weight excluding hydrogens is 160 g/mol. The van der Waals surface area contributed by atoms with E-state index >= 15 is 0 Å². The van der Waals surface area contributed by atoms with Crippen LogP contribution in [-0.4, -0.2) is 23.3 Å². The lowest BCUT2D eigenvalue weighted by molar-refractivity contribution is -0.504. The number of hydrogen-bond acceptors (Lipinski definition) is 4. The third-order valence-electron chi connectivity index (χ3n) is 1.73. The molecule has 0 radical (unpaired) electrons. The quantitative estimate of drug-likeness (QED) is 0.439. The van der Waals surface area contributed by atoms with Gasteiger partial charge in [0.2, 0.25) is 0 Å². The Morgan fingerprint density at radius 3 is 2.58 bits per heavy atom. The summed E-state index contributed by atoms with van der Waals surface area (Å²) in [6.45, 7) is 5.73. The Bertz CT molecular complexity index is 229. The fourth-order valence-electron chi connectivity index (χ4n) is 1.11. The van der Waals surface area contributed by atoms with Crippen molar-refractivity contribution in [3.63, 3.8) is 0 Å². The predicted molar refractivity (Wildman–Crippen MR) is 43.6 cm³/mol. The average molecular weight is 172 g/mol. The van der Waals surface area contributed by atoms with E-state index in [1.807, 2.05) is 20.8 Å². The molecule has 5 heteroatoms. The summed E-state index contributed by atoms with van der Waals surface area (Å²) in [5.74, 6) is 0. The summed E-state index contributed by atoms with van der Waals surface area (Å²) in [5.41, 5.74) is 0.237. The first-order valence-electron chi connectivity index (χ1n) is 3.77. The predicted octanol–water partition coefficient (Wildman–Crippen LogP) is 1.06. The van der Waals surface area contributed by atoms with Crippen LogP contribution >= 0.6 is 0 Å². The third-order valence-corrected chi connectivity index (χ3v) is 1.73. The number of oxime groups is 1. The van der Waals surface area contributed by atoms with Crippen molar-refractivity contribution in [2.24, 2.45) is 10.6 Å². The van der Waals surface area contributed by atoms with Crippen LogP contribution in [-0.2, 0) is 4.84 Å². The van der Waals surface area contributed by atoms with Gasteiger partial charge in [0.1, 0.15) is 5.71 Å². The van der Waals surface area contributed by atoms with Gasteiger partial charge in [0.05, 0.1) is 0 Å². The lowest BCUT2D eigenvalue weighted by Gasteiger charge is -2.17. The minimum atomic E-state index is -0.759. The monoisotopic (exact) mass is 172 g/mol. The lowest BCUT2D eigenvalue weighted by atomic mass is 9.86. The molecule has 0 fully saturated rings. The molecule has 1 rings (SSSR count). The van der Waals surface area contributed by atoms with Gasteiger partial charge < -0.3 is 4.84 Å². The summed E-state index contributed by atoms with van der Waals surface area (Å²) in [6, 6.07) is -0.759. The zero-order valence-corrected chi connectivity index (χ0v) is 7.40. The summed E-state index contributed by atoms with van der Waals surface area (Å²) in [5, 5.41) is 14.2. The molecule has 0 aromatic heterocycles. The van der Waals surface area contributed by atoms with Crippen molar-refractivity contribution in [3.8, 4) is 0 Å². The third kappa shape index (κ3) is 1.54. The van der Waals surface area contributed by atoms with Gasteiger partial charge in [-0.15, -0.1) is 0 Å². The van der Waals surface area contributed by atoms with Crippen molar-refractivity contribution >= 4 is 5.71 Å². The van der Waals surface area contributed by atoms with Crippen molar-refractivity contribution in [3.05, 3.63) is 10.1 Å². The Balaban J connectivity index is 2.83. The minimum Gasteiger partial charge on any atom is -0.388 e. The highest BCUT2D eigenvalue weighted by molar-refractivity contribution is 5.93. The summed E-state index contributed by atoms with van der Waals surface area (Å²) in [6.07, 6.45) is 0. The van der Waals surface area contributed by atoms with E-state index in [0.29, 0.717) is 5.71 Å². The molecule has 0 saturated heterocycles. The molecule has 1 heterocycles. The molecule has 0 N–H and O–H groups in total. The van der Waals surface area contributed by atoms with Gasteiger partial charge in [0, 0.05) is 10.3 Å². The lowest BCUT2D eigenvalue weighted by Crippen LogP contribution is -2.37. The molecule has 0 bridgehead atoms. The van der Waals surface area contributed by atoms with Gasteiger partial charge in [-0.05, 0) is 0 Å². The first-order chi connectivity index (χ1) is 5.43. The van der Waals surface area contributed by atoms with Gasteiger partial charge in [0.15, 0.2) is 6.61 Å². The Hall–Kier alpha value is -1.13. The van der Waals surface area contributed by atoms with Crippen LogP contribution in [0.3, 0.4) is 0 Å². The van der Waals surface area contributed by atoms with E-state index in [1.165, 1.54) is 0 Å². The minimum absolute atomic E-state index is 0.0691. The molecule has 0 aliphatic carbocycles. The zero-order chi connectivity index (χ0) is 9.35. The van der Waals surface area contributed by atoms with Crippen molar-refractivity contribution in [2.45, 2.75) is 26.8 Å². The molecule has 5 nitrogen and oxygen atoms in total. The van der Waals surface area contributed by atoms with E-state index in [0.717, 1.165) is 0 Å². The van der Waals surface area contributed by atoms with Crippen LogP contribution < -0.4 is 0 Å². The van der Waals surface area contributed by atoms with E-state index in [4.69, 9.17) is 4.84 Å². The second kappa shape index (κ2) is 2.73. The maximum absolute atomic E-state index is 10.5. The number of nitrogens with zero attached hydrogens (tertiary/aromatic N) is 2. The molecule has 68 valence electrons. The molecule has 0 aromatic rings. The molecular formula is C7H12N2O3. The molecule has 1 unspecified atom stereocenters. The number of hydrogen-bond donors (Lipinski definition) is 0. The van der Waals surface area contributed by atoms with Crippen molar-refractivity contribution in [2.75, 3.05) is 6.61 Å². The maximum atomic E-state index is 10.5. The Morgan fingerprint density at radius 1 is 1.67 bits per heavy atom. The first kappa shape index (κ1) is 8.96. The van der Waals surface area contributed by atoms with Crippen LogP contribution in [0.2, 0.25) is 0 Å². The maximum Gasteiger partial charge on any atom is 0.290 e. The SMILES string of the molecule is CC(C)(C)C1=NOCC1[N+](=O)[O-]. The van der Waals surface area contributed by atoms with E-state index in [2.05, 4.69) is 5.16 Å². The van der Waals surface area contributed by atoms with Gasteiger partial charge >= 0.3 is 0 Å². The van der Waals surface area contributed by atoms with Crippen molar-refractivity contribution < 1.29 is 9.76 Å². The normalized spacial score (nSPS) is 23.2. The van der Waals surface area contributed by atoms with E-state index in [-0.39, 0.29) is 16.9 Å². The first-order valence-corrected chi connectivity index (χ1v) is 3.77. The van der Waals surface area contributed by atoms with Gasteiger partial charge in [-0.2, -0.15) is 0 Å².